The molecule has 9 nitrogen and oxygen atoms in total. The molecule has 0 N–H and O–H groups in total. The van der Waals surface area contributed by atoms with Crippen LogP contribution in [0.5, 0.6) is 17.2 Å². The molecule has 0 saturated carbocycles. The Bertz CT molecular complexity index is 1150. The lowest BCUT2D eigenvalue weighted by Crippen LogP contribution is -2.47. The van der Waals surface area contributed by atoms with Gasteiger partial charge in [-0.1, -0.05) is 12.1 Å². The number of rotatable bonds is 15. The van der Waals surface area contributed by atoms with Crippen molar-refractivity contribution in [2.24, 2.45) is 0 Å². The third-order valence-electron chi connectivity index (χ3n) is 6.62. The smallest absolute Gasteiger partial charge is 0.328 e. The topological polar surface area (TPSA) is 101 Å². The number of hydrogen-bond acceptors (Lipinski definition) is 9. The number of carbonyl (C=O) groups is 3. The second-order valence-corrected chi connectivity index (χ2v) is 9.67. The summed E-state index contributed by atoms with van der Waals surface area (Å²) in [5.41, 5.74) is 0.309. The third-order valence-corrected chi connectivity index (χ3v) is 6.62. The molecule has 0 aliphatic carbocycles. The molecule has 0 aliphatic heterocycles. The van der Waals surface area contributed by atoms with Crippen molar-refractivity contribution in [1.29, 1.82) is 0 Å². The van der Waals surface area contributed by atoms with Crippen molar-refractivity contribution in [1.82, 2.24) is 4.90 Å². The van der Waals surface area contributed by atoms with Crippen molar-refractivity contribution in [2.45, 2.75) is 51.6 Å². The van der Waals surface area contributed by atoms with Gasteiger partial charge in [0.15, 0.2) is 22.7 Å². The molecule has 0 aliphatic rings. The van der Waals surface area contributed by atoms with Crippen LogP contribution in [-0.2, 0) is 30.9 Å². The van der Waals surface area contributed by atoms with E-state index in [9.17, 15) is 14.4 Å². The number of carbonyl (C=O) groups excluding carboxylic acids is 3. The van der Waals surface area contributed by atoms with Crippen molar-refractivity contribution in [3.05, 3.63) is 53.1 Å². The lowest BCUT2D eigenvalue weighted by Gasteiger charge is -2.31. The monoisotopic (exact) mass is 543 g/mol. The fourth-order valence-electron chi connectivity index (χ4n) is 4.49. The molecule has 2 rings (SSSR count). The molecule has 214 valence electrons. The zero-order chi connectivity index (χ0) is 29.2. The van der Waals surface area contributed by atoms with Gasteiger partial charge in [-0.05, 0) is 89.0 Å². The third kappa shape index (κ3) is 7.72. The molecule has 0 aromatic heterocycles. The minimum Gasteiger partial charge on any atom is -0.496 e. The van der Waals surface area contributed by atoms with Gasteiger partial charge in [0.05, 0.1) is 40.1 Å². The van der Waals surface area contributed by atoms with Gasteiger partial charge in [0.1, 0.15) is 5.75 Å². The summed E-state index contributed by atoms with van der Waals surface area (Å²) in [6, 6.07) is 10.6. The number of ether oxygens (including phenoxy) is 5. The van der Waals surface area contributed by atoms with Crippen LogP contribution in [0.3, 0.4) is 0 Å². The second kappa shape index (κ2) is 14.5. The number of ketones is 1. The second-order valence-electron chi connectivity index (χ2n) is 9.67. The average Bonchev–Trinajstić information content (AvgIpc) is 2.92. The van der Waals surface area contributed by atoms with Crippen molar-refractivity contribution in [2.75, 3.05) is 48.6 Å². The van der Waals surface area contributed by atoms with Crippen LogP contribution in [0.15, 0.2) is 36.4 Å². The van der Waals surface area contributed by atoms with Crippen LogP contribution in [-0.4, -0.2) is 77.3 Å². The SMILES string of the molecule is COC(=O)C(CCCN(C)CCc1ccc(OC)c(C(C)=O)c1)(C(=O)OC(C)C)c1ccc(OC)c(OC)c1. The molecule has 0 saturated heterocycles. The molecule has 0 amide bonds. The zero-order valence-corrected chi connectivity index (χ0v) is 24.3. The lowest BCUT2D eigenvalue weighted by molar-refractivity contribution is -0.166. The summed E-state index contributed by atoms with van der Waals surface area (Å²) >= 11 is 0. The molecule has 9 heteroatoms. The van der Waals surface area contributed by atoms with Gasteiger partial charge in [-0.3, -0.25) is 14.4 Å². The van der Waals surface area contributed by atoms with Crippen molar-refractivity contribution in [3.63, 3.8) is 0 Å². The highest BCUT2D eigenvalue weighted by Crippen LogP contribution is 2.38. The molecule has 39 heavy (non-hydrogen) atoms. The fourth-order valence-corrected chi connectivity index (χ4v) is 4.49. The van der Waals surface area contributed by atoms with Crippen molar-refractivity contribution < 1.29 is 38.1 Å². The molecular formula is C30H41NO8. The number of Topliss-reactive ketones (excluding diaryl/α,β-unsaturated/α-hetero) is 1. The van der Waals surface area contributed by atoms with E-state index in [0.29, 0.717) is 54.3 Å². The molecule has 0 fully saturated rings. The lowest BCUT2D eigenvalue weighted by atomic mass is 9.76. The zero-order valence-electron chi connectivity index (χ0n) is 24.3. The first-order valence-corrected chi connectivity index (χ1v) is 12.9. The van der Waals surface area contributed by atoms with Crippen LogP contribution >= 0.6 is 0 Å². The summed E-state index contributed by atoms with van der Waals surface area (Å²) in [6.45, 7) is 6.31. The van der Waals surface area contributed by atoms with E-state index in [4.69, 9.17) is 23.7 Å². The highest BCUT2D eigenvalue weighted by molar-refractivity contribution is 6.06. The van der Waals surface area contributed by atoms with E-state index in [1.54, 1.807) is 45.2 Å². The first-order valence-electron chi connectivity index (χ1n) is 12.9. The van der Waals surface area contributed by atoms with Crippen molar-refractivity contribution >= 4 is 17.7 Å². The summed E-state index contributed by atoms with van der Waals surface area (Å²) in [6.07, 6.45) is 0.971. The van der Waals surface area contributed by atoms with E-state index in [2.05, 4.69) is 4.90 Å². The number of benzene rings is 2. The molecule has 0 heterocycles. The average molecular weight is 544 g/mol. The predicted octanol–water partition coefficient (Wildman–Crippen LogP) is 4.23. The van der Waals surface area contributed by atoms with Gasteiger partial charge in [0.2, 0.25) is 0 Å². The summed E-state index contributed by atoms with van der Waals surface area (Å²) in [5, 5.41) is 0. The number of likely N-dealkylation sites (N-methyl/N-ethyl adjacent to an activating group) is 1. The summed E-state index contributed by atoms with van der Waals surface area (Å²) in [7, 11) is 7.78. The molecule has 1 atom stereocenters. The highest BCUT2D eigenvalue weighted by atomic mass is 16.6. The van der Waals surface area contributed by atoms with E-state index in [1.807, 2.05) is 19.2 Å². The van der Waals surface area contributed by atoms with E-state index >= 15 is 0 Å². The quantitative estimate of drug-likeness (QED) is 0.186. The first-order chi connectivity index (χ1) is 18.5. The van der Waals surface area contributed by atoms with E-state index in [1.165, 1.54) is 28.3 Å². The van der Waals surface area contributed by atoms with Crippen LogP contribution in [0.4, 0.5) is 0 Å². The predicted molar refractivity (Wildman–Crippen MR) is 148 cm³/mol. The standard InChI is InChI=1S/C30H41NO8/c1-20(2)39-29(34)30(28(33)38-8,23-11-13-26(36-6)27(19-23)37-7)15-9-16-31(4)17-14-22-10-12-25(35-5)24(18-22)21(3)32/h10-13,18-20H,9,14-17H2,1-8H3. The van der Waals surface area contributed by atoms with Gasteiger partial charge in [-0.25, -0.2) is 0 Å². The largest absolute Gasteiger partial charge is 0.496 e. The fraction of sp³-hybridized carbons (Fsp3) is 0.500. The Labute approximate surface area is 231 Å². The minimum absolute atomic E-state index is 0.0512. The van der Waals surface area contributed by atoms with Crippen LogP contribution in [0.2, 0.25) is 0 Å². The summed E-state index contributed by atoms with van der Waals surface area (Å²) in [5.74, 6) is 0.00434. The highest BCUT2D eigenvalue weighted by Gasteiger charge is 2.50. The maximum atomic E-state index is 13.5. The summed E-state index contributed by atoms with van der Waals surface area (Å²) in [4.78, 5) is 40.9. The molecule has 1 unspecified atom stereocenters. The molecular weight excluding hydrogens is 502 g/mol. The van der Waals surface area contributed by atoms with E-state index in [0.717, 1.165) is 5.56 Å². The normalized spacial score (nSPS) is 12.6. The maximum absolute atomic E-state index is 13.5. The van der Waals surface area contributed by atoms with Gasteiger partial charge < -0.3 is 28.6 Å². The summed E-state index contributed by atoms with van der Waals surface area (Å²) < 4.78 is 26.8. The molecule has 0 radical (unpaired) electrons. The first kappa shape index (κ1) is 31.6. The Morgan fingerprint density at radius 1 is 0.846 bits per heavy atom. The Morgan fingerprint density at radius 2 is 1.49 bits per heavy atom. The van der Waals surface area contributed by atoms with Gasteiger partial charge >= 0.3 is 11.9 Å². The molecule has 2 aromatic carbocycles. The Kier molecular flexibility index (Phi) is 11.8. The van der Waals surface area contributed by atoms with Crippen molar-refractivity contribution in [3.8, 4) is 17.2 Å². The molecule has 0 spiro atoms. The number of methoxy groups -OCH3 is 4. The number of esters is 2. The van der Waals surface area contributed by atoms with Crippen LogP contribution < -0.4 is 14.2 Å². The number of nitrogens with zero attached hydrogens (tertiary/aromatic N) is 1. The Morgan fingerprint density at radius 3 is 2.05 bits per heavy atom. The van der Waals surface area contributed by atoms with Gasteiger partial charge in [0.25, 0.3) is 0 Å². The number of hydrogen-bond donors (Lipinski definition) is 0. The Hall–Kier alpha value is -3.59. The van der Waals surface area contributed by atoms with Crippen LogP contribution in [0.25, 0.3) is 0 Å². The van der Waals surface area contributed by atoms with Crippen LogP contribution in [0.1, 0.15) is 55.1 Å². The van der Waals surface area contributed by atoms with Gasteiger partial charge in [0, 0.05) is 6.54 Å². The van der Waals surface area contributed by atoms with E-state index < -0.39 is 23.5 Å². The Balaban J connectivity index is 2.25. The van der Waals surface area contributed by atoms with Gasteiger partial charge in [-0.15, -0.1) is 0 Å². The van der Waals surface area contributed by atoms with Gasteiger partial charge in [-0.2, -0.15) is 0 Å². The van der Waals surface area contributed by atoms with E-state index in [-0.39, 0.29) is 12.2 Å². The molecule has 0 bridgehead atoms. The minimum atomic E-state index is -1.67. The maximum Gasteiger partial charge on any atom is 0.328 e. The van der Waals surface area contributed by atoms with Crippen LogP contribution in [0, 0.1) is 0 Å². The molecule has 2 aromatic rings.